The molecule has 0 fully saturated rings. The number of nitrogens with two attached hydrogens (primary N) is 1. The Bertz CT molecular complexity index is 395. The predicted octanol–water partition coefficient (Wildman–Crippen LogP) is -1.63. The van der Waals surface area contributed by atoms with Gasteiger partial charge >= 0.3 is 135 Å². The van der Waals surface area contributed by atoms with Crippen LogP contribution in [0.3, 0.4) is 0 Å². The minimum absolute atomic E-state index is 0.196. The molecule has 0 aromatic rings. The number of hydrogen-bond donors (Lipinski definition) is 6. The third-order valence-corrected chi connectivity index (χ3v) is 3.59. The fourth-order valence-corrected chi connectivity index (χ4v) is 2.08. The van der Waals surface area contributed by atoms with Gasteiger partial charge in [0.25, 0.3) is 0 Å². The molecule has 0 heterocycles. The molecule has 0 aromatic carbocycles. The zero-order valence-corrected chi connectivity index (χ0v) is 14.0. The van der Waals surface area contributed by atoms with Crippen molar-refractivity contribution in [2.24, 2.45) is 5.73 Å². The van der Waals surface area contributed by atoms with E-state index in [0.717, 1.165) is 0 Å². The molecule has 1 amide bonds. The van der Waals surface area contributed by atoms with Crippen molar-refractivity contribution < 1.29 is 19.8 Å². The molecule has 6 N–H and O–H groups in total. The summed E-state index contributed by atoms with van der Waals surface area (Å²) in [4.78, 5) is 22.0. The second-order valence-electron chi connectivity index (χ2n) is 3.90. The van der Waals surface area contributed by atoms with Crippen LogP contribution in [0, 0.1) is 0 Å². The maximum absolute atomic E-state index is 11.7. The molecule has 0 spiro atoms. The first-order chi connectivity index (χ1) is 9.27. The van der Waals surface area contributed by atoms with Crippen LogP contribution in [0.15, 0.2) is 0 Å². The quantitative estimate of drug-likeness (QED) is 0.151. The minimum atomic E-state index is -1.12. The van der Waals surface area contributed by atoms with E-state index in [2.05, 4.69) is 51.1 Å². The van der Waals surface area contributed by atoms with Crippen LogP contribution in [0.5, 0.6) is 0 Å². The van der Waals surface area contributed by atoms with E-state index < -0.39 is 30.5 Å². The van der Waals surface area contributed by atoms with Gasteiger partial charge in [-0.2, -0.15) is 0 Å². The van der Waals surface area contributed by atoms with Crippen LogP contribution >= 0.6 is 24.8 Å². The van der Waals surface area contributed by atoms with Gasteiger partial charge in [0.15, 0.2) is 0 Å². The van der Waals surface area contributed by atoms with Gasteiger partial charge in [0.1, 0.15) is 0 Å². The molecule has 0 aromatic heterocycles. The van der Waals surface area contributed by atoms with Gasteiger partial charge in [-0.1, -0.05) is 0 Å². The summed E-state index contributed by atoms with van der Waals surface area (Å²) in [6, 6.07) is -1.27. The molecule has 0 saturated carbocycles. The summed E-state index contributed by atoms with van der Waals surface area (Å²) in [6.07, 6.45) is 0.888. The van der Waals surface area contributed by atoms with Gasteiger partial charge in [-0.15, -0.1) is 0 Å². The third kappa shape index (κ3) is 8.49. The van der Waals surface area contributed by atoms with Crippen molar-refractivity contribution in [3.8, 4) is 0 Å². The van der Waals surface area contributed by atoms with Crippen molar-refractivity contribution in [2.45, 2.75) is 24.9 Å². The van der Waals surface area contributed by atoms with E-state index in [0.29, 0.717) is 17.4 Å². The number of amides is 1. The number of carbonyl (C=O) groups excluding carboxylic acids is 1. The van der Waals surface area contributed by atoms with Crippen molar-refractivity contribution in [1.82, 2.24) is 10.6 Å². The number of carbonyl (C=O) groups is 2. The average Bonchev–Trinajstić information content (AvgIpc) is 2.38. The van der Waals surface area contributed by atoms with Crippen molar-refractivity contribution in [2.75, 3.05) is 12.3 Å². The molecule has 0 aliphatic rings. The number of hydrogen-bond acceptors (Lipinski definition) is 6. The molecule has 0 radical (unpaired) electrons. The molecule has 0 unspecified atom stereocenters. The Hall–Kier alpha value is -0.671. The van der Waals surface area contributed by atoms with E-state index in [9.17, 15) is 9.59 Å². The molecular weight excluding hydrogens is 369 g/mol. The Morgan fingerprint density at radius 1 is 1.40 bits per heavy atom. The van der Waals surface area contributed by atoms with Gasteiger partial charge in [-0.05, 0) is 0 Å². The molecule has 10 heteroatoms. The first-order valence-corrected chi connectivity index (χ1v) is 7.55. The standard InChI is InChI=1S/C10H17N3O4S2Se/c11-5(10(17)19)1-2-7(20)13-6(4-18)9(16)12-3-8(14)15/h5-6,18H,1-4,11H2,(H,12,16)(H,13,20)(H,14,15)(H,17,19)/t5-,6-/m0/s1. The number of rotatable bonds is 10. The van der Waals surface area contributed by atoms with Crippen LogP contribution in [0.2, 0.25) is 0 Å². The maximum atomic E-state index is 11.7. The van der Waals surface area contributed by atoms with Crippen LogP contribution in [0.25, 0.3) is 0 Å². The molecule has 0 aliphatic heterocycles. The number of aliphatic hydroxyl groups is 1. The van der Waals surface area contributed by atoms with Gasteiger partial charge in [0, 0.05) is 0 Å². The summed E-state index contributed by atoms with van der Waals surface area (Å²) < 4.78 is 0.654. The van der Waals surface area contributed by atoms with E-state index in [-0.39, 0.29) is 10.8 Å². The summed E-state index contributed by atoms with van der Waals surface area (Å²) in [5, 5.41) is 22.4. The van der Waals surface area contributed by atoms with Crippen LogP contribution in [-0.4, -0.2) is 71.6 Å². The molecule has 7 nitrogen and oxygen atoms in total. The summed E-state index contributed by atoms with van der Waals surface area (Å²) in [5.74, 6) is -1.38. The summed E-state index contributed by atoms with van der Waals surface area (Å²) in [7, 11) is 0. The fourth-order valence-electron chi connectivity index (χ4n) is 1.16. The normalized spacial score (nSPS) is 13.1. The second kappa shape index (κ2) is 10.1. The Kier molecular flexibility index (Phi) is 9.77. The van der Waals surface area contributed by atoms with Crippen LogP contribution in [0.1, 0.15) is 12.8 Å². The fraction of sp³-hybridized carbons (Fsp3) is 0.600. The van der Waals surface area contributed by atoms with Crippen LogP contribution in [-0.2, 0) is 9.59 Å². The number of thiocarbonyl (C=S) groups is 1. The molecule has 20 heavy (non-hydrogen) atoms. The second-order valence-corrected chi connectivity index (χ2v) is 5.71. The van der Waals surface area contributed by atoms with Crippen molar-refractivity contribution >= 4 is 61.9 Å². The average molecular weight is 386 g/mol. The van der Waals surface area contributed by atoms with E-state index in [1.54, 1.807) is 0 Å². The molecule has 0 saturated heterocycles. The Labute approximate surface area is 135 Å². The van der Waals surface area contributed by atoms with E-state index >= 15 is 0 Å². The number of aliphatic hydroxyl groups excluding tert-OH is 1. The summed E-state index contributed by atoms with van der Waals surface area (Å²) in [5.41, 5.74) is 5.56. The van der Waals surface area contributed by atoms with Gasteiger partial charge in [0.2, 0.25) is 0 Å². The van der Waals surface area contributed by atoms with Gasteiger partial charge < -0.3 is 0 Å². The zero-order valence-electron chi connectivity index (χ0n) is 10.5. The SMILES string of the molecule is N[C@@H](CCC(=[Se])N[C@@H](CS)C(=O)NCC(=O)O)C(O)=S. The Morgan fingerprint density at radius 3 is 2.45 bits per heavy atom. The molecule has 114 valence electrons. The zero-order chi connectivity index (χ0) is 15.7. The first kappa shape index (κ1) is 19.3. The molecule has 0 rings (SSSR count). The first-order valence-electron chi connectivity index (χ1n) is 5.66. The Morgan fingerprint density at radius 2 is 2.00 bits per heavy atom. The molecule has 0 aliphatic carbocycles. The number of carboxylic acids is 1. The van der Waals surface area contributed by atoms with E-state index in [1.165, 1.54) is 0 Å². The Balaban J connectivity index is 4.21. The van der Waals surface area contributed by atoms with Crippen molar-refractivity contribution in [3.05, 3.63) is 0 Å². The van der Waals surface area contributed by atoms with E-state index in [4.69, 9.17) is 15.9 Å². The monoisotopic (exact) mass is 387 g/mol. The van der Waals surface area contributed by atoms with Crippen molar-refractivity contribution in [1.29, 1.82) is 0 Å². The number of thiol groups is 1. The topological polar surface area (TPSA) is 125 Å². The van der Waals surface area contributed by atoms with Gasteiger partial charge in [-0.25, -0.2) is 0 Å². The summed E-state index contributed by atoms with van der Waals surface area (Å²) in [6.45, 7) is -0.447. The van der Waals surface area contributed by atoms with Crippen LogP contribution in [0.4, 0.5) is 0 Å². The molecular formula is C10H17N3O4S2Se. The van der Waals surface area contributed by atoms with E-state index in [1.807, 2.05) is 0 Å². The predicted molar refractivity (Wildman–Crippen MR) is 84.6 cm³/mol. The molecule has 2 atom stereocenters. The van der Waals surface area contributed by atoms with Crippen molar-refractivity contribution in [3.63, 3.8) is 0 Å². The summed E-state index contributed by atoms with van der Waals surface area (Å²) >= 11 is 11.3. The number of nitrogens with one attached hydrogen (secondary N) is 2. The number of carboxylic acid groups (broad SMARTS) is 1. The molecule has 0 bridgehead atoms. The number of aliphatic carboxylic acids is 1. The van der Waals surface area contributed by atoms with Gasteiger partial charge in [0.05, 0.1) is 0 Å². The van der Waals surface area contributed by atoms with Gasteiger partial charge in [-0.3, -0.25) is 0 Å². The third-order valence-electron chi connectivity index (χ3n) is 2.25. The van der Waals surface area contributed by atoms with Crippen LogP contribution < -0.4 is 16.4 Å².